The van der Waals surface area contributed by atoms with Crippen LogP contribution in [0.15, 0.2) is 50.9 Å². The first-order valence-corrected chi connectivity index (χ1v) is 19.2. The Hall–Kier alpha value is 0.337. The van der Waals surface area contributed by atoms with Crippen LogP contribution in [0.3, 0.4) is 0 Å². The molecule has 1 nitrogen and oxygen atoms in total. The van der Waals surface area contributed by atoms with Crippen molar-refractivity contribution in [3.8, 4) is 0 Å². The fourth-order valence-electron chi connectivity index (χ4n) is 2.34. The molecule has 0 aromatic heterocycles. The molecule has 0 fully saturated rings. The molecule has 0 spiro atoms. The molecule has 1 N–H and O–H groups in total. The van der Waals surface area contributed by atoms with Gasteiger partial charge in [0.25, 0.3) is 0 Å². The van der Waals surface area contributed by atoms with Crippen molar-refractivity contribution in [2.75, 3.05) is 3.80 Å². The van der Waals surface area contributed by atoms with Crippen molar-refractivity contribution in [1.82, 2.24) is 0 Å². The summed E-state index contributed by atoms with van der Waals surface area (Å²) in [6.07, 6.45) is 0. The molecule has 0 aliphatic rings. The van der Waals surface area contributed by atoms with Gasteiger partial charge in [0, 0.05) is 0 Å². The minimum atomic E-state index is -2.73. The summed E-state index contributed by atoms with van der Waals surface area (Å²) >= 11 is -1.39. The van der Waals surface area contributed by atoms with E-state index in [0.717, 1.165) is 0 Å². The topological polar surface area (TPSA) is 12.0 Å². The molecule has 0 atom stereocenters. The summed E-state index contributed by atoms with van der Waals surface area (Å²) < 4.78 is 5.55. The molecular weight excluding hydrogens is 410 g/mol. The van der Waals surface area contributed by atoms with Crippen LogP contribution in [-0.2, 0) is 12.7 Å². The van der Waals surface area contributed by atoms with Crippen molar-refractivity contribution < 1.29 is 12.7 Å². The van der Waals surface area contributed by atoms with E-state index in [4.69, 9.17) is 0 Å². The zero-order chi connectivity index (χ0) is 15.6. The number of para-hydroxylation sites is 1. The van der Waals surface area contributed by atoms with Crippen LogP contribution in [-0.4, -0.2) is 13.1 Å². The second-order valence-electron chi connectivity index (χ2n) is 7.05. The maximum absolute atomic E-state index is 3.94. The molecule has 0 aliphatic heterocycles. The van der Waals surface area contributed by atoms with Gasteiger partial charge in [-0.1, -0.05) is 0 Å². The Morgan fingerprint density at radius 1 is 0.864 bits per heavy atom. The molecule has 0 aliphatic carbocycles. The Bertz CT molecular complexity index is 623. The maximum atomic E-state index is 3.94. The van der Waals surface area contributed by atoms with Crippen LogP contribution in [0, 0.1) is 0 Å². The molecule has 0 saturated heterocycles. The zero-order valence-electron chi connectivity index (χ0n) is 14.9. The quantitative estimate of drug-likeness (QED) is 0.458. The Morgan fingerprint density at radius 3 is 1.73 bits per heavy atom. The first kappa shape index (κ1) is 24.6. The van der Waals surface area contributed by atoms with Gasteiger partial charge >= 0.3 is 131 Å². The van der Waals surface area contributed by atoms with Crippen LogP contribution in [0.1, 0.15) is 34.6 Å². The molecule has 1 aromatic carbocycles. The van der Waals surface area contributed by atoms with Crippen molar-refractivity contribution in [2.24, 2.45) is 0 Å². The van der Waals surface area contributed by atoms with E-state index in [1.54, 1.807) is 3.88 Å². The average molecular weight is 441 g/mol. The van der Waals surface area contributed by atoms with Crippen LogP contribution < -0.4 is 3.80 Å². The van der Waals surface area contributed by atoms with Gasteiger partial charge in [-0.25, -0.2) is 0 Å². The second-order valence-corrected chi connectivity index (χ2v) is 35.4. The van der Waals surface area contributed by atoms with Crippen LogP contribution in [0.2, 0.25) is 10.5 Å². The van der Waals surface area contributed by atoms with Crippen molar-refractivity contribution >= 4 is 43.6 Å². The van der Waals surface area contributed by atoms with Crippen LogP contribution in [0.25, 0.3) is 0 Å². The van der Waals surface area contributed by atoms with Gasteiger partial charge in [-0.15, -0.1) is 24.8 Å². The van der Waals surface area contributed by atoms with E-state index in [1.807, 2.05) is 0 Å². The number of benzene rings is 1. The molecule has 0 saturated carbocycles. The molecule has 126 valence electrons. The predicted octanol–water partition coefficient (Wildman–Crippen LogP) is 5.84. The van der Waals surface area contributed by atoms with Gasteiger partial charge in [0.2, 0.25) is 0 Å². The smallest absolute Gasteiger partial charge is 0.147 e. The first-order chi connectivity index (χ1) is 9.03. The number of hydrogen-bond donors (Lipinski definition) is 1. The minimum Gasteiger partial charge on any atom is -0.147 e. The van der Waals surface area contributed by atoms with Crippen LogP contribution in [0.4, 0.5) is 5.69 Å². The van der Waals surface area contributed by atoms with Gasteiger partial charge in [0.15, 0.2) is 0 Å². The van der Waals surface area contributed by atoms with Crippen molar-refractivity contribution in [2.45, 2.75) is 45.1 Å². The largest absolute Gasteiger partial charge is 0.147 e. The Morgan fingerprint density at radius 2 is 1.32 bits per heavy atom. The molecule has 0 radical (unpaired) electrons. The third-order valence-electron chi connectivity index (χ3n) is 4.40. The van der Waals surface area contributed by atoms with Gasteiger partial charge in [0.05, 0.1) is 0 Å². The van der Waals surface area contributed by atoms with E-state index in [9.17, 15) is 0 Å². The summed E-state index contributed by atoms with van der Waals surface area (Å²) in [7, 11) is 0. The Balaban J connectivity index is 0. The molecular formula is C17H31Cl2GeNTi. The predicted molar refractivity (Wildman–Crippen MR) is 107 cm³/mol. The molecule has 22 heavy (non-hydrogen) atoms. The van der Waals surface area contributed by atoms with Crippen molar-refractivity contribution in [3.05, 3.63) is 50.9 Å². The van der Waals surface area contributed by atoms with Gasteiger partial charge in [-0.2, -0.15) is 0 Å². The summed E-state index contributed by atoms with van der Waals surface area (Å²) in [5.74, 6) is 0. The number of nitrogens with one attached hydrogen (secondary N) is 1. The fraction of sp³-hybridized carbons (Fsp3) is 0.412. The summed E-state index contributed by atoms with van der Waals surface area (Å²) in [6.45, 7) is 11.3. The number of hydrogen-bond acceptors (Lipinski definition) is 1. The molecule has 1 aromatic rings. The first-order valence-electron chi connectivity index (χ1n) is 7.26. The van der Waals surface area contributed by atoms with Gasteiger partial charge in [0.1, 0.15) is 0 Å². The van der Waals surface area contributed by atoms with E-state index in [-0.39, 0.29) is 24.8 Å². The second kappa shape index (κ2) is 8.99. The molecule has 0 unspecified atom stereocenters. The Kier molecular flexibility index (Phi) is 10.0. The SMILES string of the molecule is CC(C)=C(C)C(C)=[C](C)[Ti]([CH3])([CH3])(=[GeH2])[NH]c1ccccc1.Cl.Cl. The van der Waals surface area contributed by atoms with Gasteiger partial charge in [-0.3, -0.25) is 0 Å². The molecule has 0 bridgehead atoms. The summed E-state index contributed by atoms with van der Waals surface area (Å²) in [5.41, 5.74) is 5.62. The minimum absolute atomic E-state index is 0. The van der Waals surface area contributed by atoms with Crippen molar-refractivity contribution in [1.29, 1.82) is 0 Å². The summed E-state index contributed by atoms with van der Waals surface area (Å²) in [4.78, 5) is 0. The average Bonchev–Trinajstić information content (AvgIpc) is 2.35. The third-order valence-corrected chi connectivity index (χ3v) is 16.6. The summed E-state index contributed by atoms with van der Waals surface area (Å²) in [6, 6.07) is 10.7. The molecule has 5 heteroatoms. The van der Waals surface area contributed by atoms with Crippen LogP contribution >= 0.6 is 24.8 Å². The van der Waals surface area contributed by atoms with Gasteiger partial charge < -0.3 is 0 Å². The zero-order valence-corrected chi connectivity index (χ0v) is 21.1. The van der Waals surface area contributed by atoms with E-state index in [0.29, 0.717) is 0 Å². The van der Waals surface area contributed by atoms with Crippen molar-refractivity contribution in [3.63, 3.8) is 0 Å². The maximum Gasteiger partial charge on any atom is -0.147 e. The molecule has 1 rings (SSSR count). The van der Waals surface area contributed by atoms with E-state index < -0.39 is 12.7 Å². The number of rotatable bonds is 4. The monoisotopic (exact) mass is 441 g/mol. The summed E-state index contributed by atoms with van der Waals surface area (Å²) in [5, 5.41) is 5.00. The fourth-order valence-corrected chi connectivity index (χ4v) is 10.6. The molecule has 0 heterocycles. The number of halogens is 2. The number of anilines is 1. The normalized spacial score (nSPS) is 12.4. The van der Waals surface area contributed by atoms with E-state index >= 15 is 0 Å². The van der Waals surface area contributed by atoms with Gasteiger partial charge in [-0.05, 0) is 0 Å². The third kappa shape index (κ3) is 6.45. The van der Waals surface area contributed by atoms with Crippen LogP contribution in [0.5, 0.6) is 0 Å². The standard InChI is InChI=1S/C9H15.C6H6N.2CH3.2ClH.GeH2.Ti/c1-6-8(4)9(5)7(2)3;7-6-4-2-1-3-5-6;;;;;;/h1-5H3;1-5,7H;2*1H3;2*1H;1H2;/q;-1;;;;;;+1. The molecule has 0 amide bonds. The van der Waals surface area contributed by atoms with E-state index in [1.165, 1.54) is 35.5 Å². The van der Waals surface area contributed by atoms with E-state index in [2.05, 4.69) is 79.2 Å². The Labute approximate surface area is 155 Å². The number of allylic oxidation sites excluding steroid dienone is 4.